The van der Waals surface area contributed by atoms with Gasteiger partial charge in [0.1, 0.15) is 5.58 Å². The van der Waals surface area contributed by atoms with Gasteiger partial charge in [0, 0.05) is 39.4 Å². The maximum absolute atomic E-state index is 9.62. The highest BCUT2D eigenvalue weighted by atomic mass is 16.3. The van der Waals surface area contributed by atoms with Crippen molar-refractivity contribution >= 4 is 66.6 Å². The molecule has 314 valence electrons. The van der Waals surface area contributed by atoms with E-state index in [1.54, 1.807) is 6.26 Å². The Balaban J connectivity index is 1.16. The molecule has 12 aromatic rings. The number of nitrogens with zero attached hydrogens (tertiary/aromatic N) is 2. The molecular formula is C64H42N2O. The molecule has 0 aliphatic heterocycles. The zero-order valence-electron chi connectivity index (χ0n) is 45.8. The smallest absolute Gasteiger partial charge is 0.134 e. The first-order valence-corrected chi connectivity index (χ1v) is 22.1. The number of anilines is 6. The maximum atomic E-state index is 9.62. The van der Waals surface area contributed by atoms with Crippen molar-refractivity contribution in [2.75, 3.05) is 9.80 Å². The van der Waals surface area contributed by atoms with Gasteiger partial charge in [0.15, 0.2) is 0 Å². The van der Waals surface area contributed by atoms with Crippen LogP contribution in [-0.4, -0.2) is 0 Å². The molecule has 1 aliphatic rings. The first-order chi connectivity index (χ1) is 37.4. The van der Waals surface area contributed by atoms with Gasteiger partial charge < -0.3 is 14.2 Å². The lowest BCUT2D eigenvalue weighted by atomic mass is 9.70. The fourth-order valence-corrected chi connectivity index (χ4v) is 9.84. The van der Waals surface area contributed by atoms with Gasteiger partial charge in [-0.3, -0.25) is 0 Å². The minimum atomic E-state index is -0.540. The summed E-state index contributed by atoms with van der Waals surface area (Å²) >= 11 is 0. The van der Waals surface area contributed by atoms with E-state index in [1.165, 1.54) is 0 Å². The summed E-state index contributed by atoms with van der Waals surface area (Å²) in [5.41, 5.74) is 10.6. The van der Waals surface area contributed by atoms with Crippen LogP contribution in [0.25, 0.3) is 88.1 Å². The van der Waals surface area contributed by atoms with E-state index in [1.807, 2.05) is 146 Å². The minimum Gasteiger partial charge on any atom is -0.464 e. The highest BCUT2D eigenvalue weighted by molar-refractivity contribution is 6.26. The Hall–Kier alpha value is -8.92. The molecule has 0 atom stereocenters. The third-order valence-corrected chi connectivity index (χ3v) is 12.7. The summed E-state index contributed by atoms with van der Waals surface area (Å²) in [4.78, 5) is 4.28. The quantitative estimate of drug-likeness (QED) is 0.144. The normalized spacial score (nSPS) is 13.7. The second-order valence-corrected chi connectivity index (χ2v) is 16.5. The monoisotopic (exact) mass is 864 g/mol. The molecule has 0 spiro atoms. The summed E-state index contributed by atoms with van der Waals surface area (Å²) in [5.74, 6) is 0. The summed E-state index contributed by atoms with van der Waals surface area (Å²) in [7, 11) is 0. The van der Waals surface area contributed by atoms with Gasteiger partial charge in [-0.05, 0) is 163 Å². The minimum absolute atomic E-state index is 0.0169. The molecule has 67 heavy (non-hydrogen) atoms. The number of benzene rings is 11. The zero-order valence-corrected chi connectivity index (χ0v) is 35.8. The van der Waals surface area contributed by atoms with Crippen molar-refractivity contribution in [3.63, 3.8) is 0 Å². The molecular weight excluding hydrogens is 813 g/mol. The Morgan fingerprint density at radius 1 is 0.328 bits per heavy atom. The van der Waals surface area contributed by atoms with Crippen molar-refractivity contribution in [2.45, 2.75) is 0 Å². The van der Waals surface area contributed by atoms with Crippen molar-refractivity contribution in [3.05, 3.63) is 255 Å². The number of rotatable bonds is 9. The Kier molecular flexibility index (Phi) is 7.03. The second-order valence-electron chi connectivity index (χ2n) is 16.5. The first-order valence-electron chi connectivity index (χ1n) is 27.1. The van der Waals surface area contributed by atoms with Crippen LogP contribution in [0.3, 0.4) is 0 Å². The third-order valence-electron chi connectivity index (χ3n) is 12.7. The van der Waals surface area contributed by atoms with E-state index < -0.39 is 60.4 Å². The summed E-state index contributed by atoms with van der Waals surface area (Å²) in [6, 6.07) is 57.2. The van der Waals surface area contributed by atoms with Crippen molar-refractivity contribution < 1.29 is 18.1 Å². The van der Waals surface area contributed by atoms with Crippen LogP contribution in [0, 0.1) is 0 Å². The van der Waals surface area contributed by atoms with Crippen LogP contribution < -0.4 is 9.80 Å². The molecule has 0 radical (unpaired) electrons. The van der Waals surface area contributed by atoms with Crippen LogP contribution in [0.1, 0.15) is 13.7 Å². The van der Waals surface area contributed by atoms with Gasteiger partial charge in [-0.15, -0.1) is 0 Å². The Bertz CT molecular complexity index is 4300. The molecule has 0 amide bonds. The predicted octanol–water partition coefficient (Wildman–Crippen LogP) is 18.3. The lowest BCUT2D eigenvalue weighted by molar-refractivity contribution is 0.616. The number of para-hydroxylation sites is 3. The molecule has 0 saturated heterocycles. The molecule has 3 nitrogen and oxygen atoms in total. The summed E-state index contributed by atoms with van der Waals surface area (Å²) < 4.78 is 97.6. The van der Waals surface area contributed by atoms with Gasteiger partial charge in [0.05, 0.1) is 25.7 Å². The van der Waals surface area contributed by atoms with Crippen molar-refractivity contribution in [2.24, 2.45) is 0 Å². The van der Waals surface area contributed by atoms with Crippen LogP contribution >= 0.6 is 0 Å². The number of fused-ring (bicyclic) bond motifs is 7. The van der Waals surface area contributed by atoms with E-state index in [2.05, 4.69) is 52.3 Å². The Morgan fingerprint density at radius 2 is 0.851 bits per heavy atom. The van der Waals surface area contributed by atoms with E-state index in [4.69, 9.17) is 12.6 Å². The third kappa shape index (κ3) is 6.51. The predicted molar refractivity (Wildman–Crippen MR) is 281 cm³/mol. The van der Waals surface area contributed by atoms with Crippen LogP contribution in [0.5, 0.6) is 0 Å². The average Bonchev–Trinajstić information content (AvgIpc) is 4.02. The lowest BCUT2D eigenvalue weighted by Gasteiger charge is -2.34. The molecule has 0 unspecified atom stereocenters. The summed E-state index contributed by atoms with van der Waals surface area (Å²) in [5, 5.41) is 3.47. The highest BCUT2D eigenvalue weighted by Crippen LogP contribution is 2.60. The molecule has 0 fully saturated rings. The van der Waals surface area contributed by atoms with Gasteiger partial charge in [0.2, 0.25) is 0 Å². The maximum Gasteiger partial charge on any atom is 0.134 e. The molecule has 3 heteroatoms. The van der Waals surface area contributed by atoms with Gasteiger partial charge in [-0.25, -0.2) is 0 Å². The zero-order chi connectivity index (χ0) is 53.0. The number of hydrogen-bond donors (Lipinski definition) is 0. The van der Waals surface area contributed by atoms with Gasteiger partial charge in [-0.1, -0.05) is 157 Å². The van der Waals surface area contributed by atoms with E-state index in [9.17, 15) is 5.48 Å². The molecule has 0 bridgehead atoms. The molecule has 13 rings (SSSR count). The van der Waals surface area contributed by atoms with E-state index in [0.717, 1.165) is 61.3 Å². The molecule has 0 N–H and O–H groups in total. The topological polar surface area (TPSA) is 19.6 Å². The highest BCUT2D eigenvalue weighted by Gasteiger charge is 2.33. The van der Waals surface area contributed by atoms with E-state index >= 15 is 0 Å². The fourth-order valence-electron chi connectivity index (χ4n) is 9.84. The van der Waals surface area contributed by atoms with Gasteiger partial charge in [0.25, 0.3) is 0 Å². The lowest BCUT2D eigenvalue weighted by Crippen LogP contribution is -2.12. The Labute approximate surface area is 403 Å². The molecule has 0 saturated carbocycles. The van der Waals surface area contributed by atoms with Gasteiger partial charge in [-0.2, -0.15) is 0 Å². The standard InChI is InChI=1S/C64H42N2O/c1-7-19-43(20-8-1)55-42-60-47(35-36-67-60)40-59(55)66(51-29-17-6-18-30-51)53-33-34-54-58(41-53)62(45-23-11-3-12-24-45)64-57-39-48-37-52(65(49-25-13-4-14-26-49)50-27-15-5-16-28-50)32-31-46(48)38-56(57)63(64)61(54)44-21-9-2-10-22-44/h1-42H/i2D,3D,9D,10D,11D,12D,21D,22D,23D,24D. The first kappa shape index (κ1) is 29.5. The number of furan rings is 1. The van der Waals surface area contributed by atoms with Gasteiger partial charge >= 0.3 is 0 Å². The Morgan fingerprint density at radius 3 is 1.46 bits per heavy atom. The summed E-state index contributed by atoms with van der Waals surface area (Å²) in [6.45, 7) is 0. The van der Waals surface area contributed by atoms with Crippen LogP contribution in [0.15, 0.2) is 259 Å². The fraction of sp³-hybridized carbons (Fsp3) is 0. The second kappa shape index (κ2) is 16.0. The number of hydrogen-bond acceptors (Lipinski definition) is 3. The molecule has 1 aromatic heterocycles. The molecule has 1 heterocycles. The van der Waals surface area contributed by atoms with Crippen LogP contribution in [-0.2, 0) is 0 Å². The SMILES string of the molecule is [2H]c1c([2H])c([2H])c(-c2c3c(c(-c4c([2H])c([2H])c([2H])c([2H])c4[2H])c4cc(N(c5ccccc5)c5cc6ccoc6cc5-c5ccccc5)ccc24)-c2cc4cc(N(c5ccccc5)c5ccccc5)ccc4cc2-3)c([2H])c1[2H]. The molecule has 1 aliphatic carbocycles. The van der Waals surface area contributed by atoms with Crippen molar-refractivity contribution in [1.29, 1.82) is 0 Å². The average molecular weight is 865 g/mol. The van der Waals surface area contributed by atoms with Crippen molar-refractivity contribution in [1.82, 2.24) is 0 Å². The van der Waals surface area contributed by atoms with Crippen molar-refractivity contribution in [3.8, 4) is 55.6 Å². The summed E-state index contributed by atoms with van der Waals surface area (Å²) in [6.07, 6.45) is 1.65. The van der Waals surface area contributed by atoms with Crippen LogP contribution in [0.2, 0.25) is 0 Å². The molecule has 11 aromatic carbocycles. The van der Waals surface area contributed by atoms with Crippen LogP contribution in [0.4, 0.5) is 34.1 Å². The van der Waals surface area contributed by atoms with E-state index in [0.29, 0.717) is 49.9 Å². The largest absolute Gasteiger partial charge is 0.464 e. The van der Waals surface area contributed by atoms with E-state index in [-0.39, 0.29) is 11.1 Å².